The summed E-state index contributed by atoms with van der Waals surface area (Å²) in [5.41, 5.74) is 16.1. The van der Waals surface area contributed by atoms with E-state index >= 15 is 0 Å². The molecule has 0 spiro atoms. The van der Waals surface area contributed by atoms with Gasteiger partial charge in [0.25, 0.3) is 0 Å². The highest BCUT2D eigenvalue weighted by Crippen LogP contribution is 2.47. The van der Waals surface area contributed by atoms with Gasteiger partial charge in [-0.15, -0.1) is 0 Å². The molecule has 3 N–H and O–H groups in total. The molecule has 2 aliphatic carbocycles. The molecule has 3 nitrogen and oxygen atoms in total. The van der Waals surface area contributed by atoms with Crippen molar-refractivity contribution in [3.8, 4) is 22.3 Å². The second-order valence-electron chi connectivity index (χ2n) is 10.3. The number of fused-ring (bicyclic) bond motifs is 1. The fraction of sp³-hybridized carbons (Fsp3) is 0.111. The number of rotatable bonds is 7. The van der Waals surface area contributed by atoms with Crippen molar-refractivity contribution >= 4 is 5.69 Å². The summed E-state index contributed by atoms with van der Waals surface area (Å²) in [7, 11) is 0. The normalized spacial score (nSPS) is 18.2. The Balaban J connectivity index is 1.13. The van der Waals surface area contributed by atoms with Gasteiger partial charge in [-0.25, -0.2) is 0 Å². The molecule has 0 heterocycles. The summed E-state index contributed by atoms with van der Waals surface area (Å²) in [6.45, 7) is 2.69. The van der Waals surface area contributed by atoms with Crippen molar-refractivity contribution in [2.45, 2.75) is 20.0 Å². The molecule has 1 unspecified atom stereocenters. The topological polar surface area (TPSA) is 47.3 Å². The molecule has 0 amide bonds. The van der Waals surface area contributed by atoms with E-state index in [0.29, 0.717) is 12.3 Å². The molecule has 6 rings (SSSR count). The number of hydrogen-bond acceptors (Lipinski definition) is 3. The van der Waals surface area contributed by atoms with E-state index in [0.717, 1.165) is 29.1 Å². The molecule has 4 aromatic rings. The minimum atomic E-state index is -0.300. The first-order chi connectivity index (χ1) is 19.1. The van der Waals surface area contributed by atoms with E-state index in [2.05, 4.69) is 128 Å². The third-order valence-corrected chi connectivity index (χ3v) is 7.61. The van der Waals surface area contributed by atoms with Crippen LogP contribution in [0.25, 0.3) is 22.3 Å². The molecule has 192 valence electrons. The van der Waals surface area contributed by atoms with E-state index in [1.54, 1.807) is 0 Å². The van der Waals surface area contributed by atoms with E-state index in [1.807, 2.05) is 18.2 Å². The average Bonchev–Trinajstić information content (AvgIpc) is 2.99. The lowest BCUT2D eigenvalue weighted by Crippen LogP contribution is -2.30. The second kappa shape index (κ2) is 10.5. The van der Waals surface area contributed by atoms with Crippen molar-refractivity contribution in [2.24, 2.45) is 11.1 Å². The van der Waals surface area contributed by atoms with Crippen molar-refractivity contribution in [1.29, 1.82) is 0 Å². The maximum Gasteiger partial charge on any atom is 0.130 e. The Morgan fingerprint density at radius 1 is 0.718 bits per heavy atom. The molecule has 1 atom stereocenters. The van der Waals surface area contributed by atoms with E-state index < -0.39 is 0 Å². The molecule has 3 heteroatoms. The summed E-state index contributed by atoms with van der Waals surface area (Å²) in [6.07, 6.45) is 9.31. The molecule has 39 heavy (non-hydrogen) atoms. The summed E-state index contributed by atoms with van der Waals surface area (Å²) in [5, 5.41) is 3.58. The SMILES string of the molecule is CC12CC=C(Nc3ccc(-c4ccccc4)cc3)C=C1C=CC(N)=C2OCc1ccc(-c2ccccc2)cc1. The number of allylic oxidation sites excluding steroid dienone is 5. The zero-order valence-corrected chi connectivity index (χ0v) is 22.1. The van der Waals surface area contributed by atoms with Crippen molar-refractivity contribution in [1.82, 2.24) is 0 Å². The van der Waals surface area contributed by atoms with Crippen LogP contribution in [0.2, 0.25) is 0 Å². The molecule has 0 aliphatic heterocycles. The minimum Gasteiger partial charge on any atom is -0.490 e. The Hall–Kier alpha value is -4.76. The van der Waals surface area contributed by atoms with Crippen LogP contribution >= 0.6 is 0 Å². The van der Waals surface area contributed by atoms with Gasteiger partial charge < -0.3 is 15.8 Å². The van der Waals surface area contributed by atoms with E-state index in [1.165, 1.54) is 27.8 Å². The monoisotopic (exact) mass is 508 g/mol. The van der Waals surface area contributed by atoms with Crippen LogP contribution in [0.4, 0.5) is 5.69 Å². The first kappa shape index (κ1) is 24.6. The first-order valence-electron chi connectivity index (χ1n) is 13.4. The maximum atomic E-state index is 6.46. The van der Waals surface area contributed by atoms with Gasteiger partial charge in [-0.1, -0.05) is 109 Å². The van der Waals surface area contributed by atoms with Crippen LogP contribution in [0, 0.1) is 5.41 Å². The Morgan fingerprint density at radius 2 is 1.28 bits per heavy atom. The summed E-state index contributed by atoms with van der Waals surface area (Å²) >= 11 is 0. The van der Waals surface area contributed by atoms with E-state index in [-0.39, 0.29) is 5.41 Å². The average molecular weight is 509 g/mol. The van der Waals surface area contributed by atoms with Crippen LogP contribution in [0.3, 0.4) is 0 Å². The van der Waals surface area contributed by atoms with Crippen molar-refractivity contribution in [3.05, 3.63) is 162 Å². The fourth-order valence-corrected chi connectivity index (χ4v) is 5.30. The largest absolute Gasteiger partial charge is 0.490 e. The van der Waals surface area contributed by atoms with Crippen molar-refractivity contribution < 1.29 is 4.74 Å². The van der Waals surface area contributed by atoms with Gasteiger partial charge in [-0.2, -0.15) is 0 Å². The third kappa shape index (κ3) is 5.17. The lowest BCUT2D eigenvalue weighted by atomic mass is 9.71. The number of nitrogens with two attached hydrogens (primary N) is 1. The van der Waals surface area contributed by atoms with Gasteiger partial charge in [0.15, 0.2) is 0 Å². The number of anilines is 1. The smallest absolute Gasteiger partial charge is 0.130 e. The quantitative estimate of drug-likeness (QED) is 0.263. The van der Waals surface area contributed by atoms with Crippen LogP contribution in [-0.2, 0) is 11.3 Å². The lowest BCUT2D eigenvalue weighted by Gasteiger charge is -2.38. The van der Waals surface area contributed by atoms with Gasteiger partial charge in [0.1, 0.15) is 12.4 Å². The first-order valence-corrected chi connectivity index (χ1v) is 13.4. The summed E-state index contributed by atoms with van der Waals surface area (Å²) in [6, 6.07) is 37.9. The Kier molecular flexibility index (Phi) is 6.64. The molecule has 4 aromatic carbocycles. The van der Waals surface area contributed by atoms with E-state index in [9.17, 15) is 0 Å². The van der Waals surface area contributed by atoms with Crippen molar-refractivity contribution in [2.75, 3.05) is 5.32 Å². The van der Waals surface area contributed by atoms with Crippen LogP contribution < -0.4 is 11.1 Å². The number of benzene rings is 4. The van der Waals surface area contributed by atoms with Gasteiger partial charge in [-0.05, 0) is 71.0 Å². The number of hydrogen-bond donors (Lipinski definition) is 2. The van der Waals surface area contributed by atoms with Crippen LogP contribution in [-0.4, -0.2) is 0 Å². The van der Waals surface area contributed by atoms with Gasteiger partial charge in [-0.3, -0.25) is 0 Å². The second-order valence-corrected chi connectivity index (χ2v) is 10.3. The highest BCUT2D eigenvalue weighted by molar-refractivity contribution is 5.67. The van der Waals surface area contributed by atoms with Crippen molar-refractivity contribution in [3.63, 3.8) is 0 Å². The molecular weight excluding hydrogens is 476 g/mol. The molecule has 2 aliphatic rings. The molecule has 0 saturated carbocycles. The molecule has 0 aromatic heterocycles. The number of ether oxygens (including phenoxy) is 1. The standard InChI is InChI=1S/C36H32N2O/c1-36-23-22-33(38-32-19-16-30(17-20-32)28-10-6-3-7-11-28)24-31(36)18-21-34(37)35(36)39-25-26-12-14-29(15-13-26)27-8-4-2-5-9-27/h2-22,24,38H,23,25,37H2,1H3. The molecule has 0 bridgehead atoms. The fourth-order valence-electron chi connectivity index (χ4n) is 5.30. The molecule has 0 saturated heterocycles. The summed E-state index contributed by atoms with van der Waals surface area (Å²) < 4.78 is 6.42. The predicted molar refractivity (Wildman–Crippen MR) is 161 cm³/mol. The zero-order chi connectivity index (χ0) is 26.7. The third-order valence-electron chi connectivity index (χ3n) is 7.61. The van der Waals surface area contributed by atoms with E-state index in [4.69, 9.17) is 10.5 Å². The van der Waals surface area contributed by atoms with Gasteiger partial charge in [0.05, 0.1) is 11.1 Å². The van der Waals surface area contributed by atoms with Gasteiger partial charge >= 0.3 is 0 Å². The van der Waals surface area contributed by atoms with Gasteiger partial charge in [0.2, 0.25) is 0 Å². The maximum absolute atomic E-state index is 6.46. The molecule has 0 fully saturated rings. The van der Waals surface area contributed by atoms with Crippen LogP contribution in [0.15, 0.2) is 156 Å². The molecule has 0 radical (unpaired) electrons. The van der Waals surface area contributed by atoms with Crippen LogP contribution in [0.5, 0.6) is 0 Å². The Morgan fingerprint density at radius 3 is 1.90 bits per heavy atom. The minimum absolute atomic E-state index is 0.300. The highest BCUT2D eigenvalue weighted by atomic mass is 16.5. The summed E-state index contributed by atoms with van der Waals surface area (Å²) in [5.74, 6) is 0.839. The zero-order valence-electron chi connectivity index (χ0n) is 22.1. The predicted octanol–water partition coefficient (Wildman–Crippen LogP) is 8.61. The van der Waals surface area contributed by atoms with Crippen LogP contribution in [0.1, 0.15) is 18.9 Å². The highest BCUT2D eigenvalue weighted by Gasteiger charge is 2.38. The lowest BCUT2D eigenvalue weighted by molar-refractivity contribution is 0.136. The molecular formula is C36H32N2O. The number of nitrogens with one attached hydrogen (secondary N) is 1. The summed E-state index contributed by atoms with van der Waals surface area (Å²) in [4.78, 5) is 0. The Labute approximate surface area is 230 Å². The van der Waals surface area contributed by atoms with Gasteiger partial charge in [0, 0.05) is 11.4 Å². The Bertz CT molecular complexity index is 1580.